The van der Waals surface area contributed by atoms with Crippen LogP contribution >= 0.6 is 0 Å². The van der Waals surface area contributed by atoms with Gasteiger partial charge in [0.25, 0.3) is 5.56 Å². The molecule has 0 amide bonds. The fourth-order valence-electron chi connectivity index (χ4n) is 1.87. The zero-order valence-corrected chi connectivity index (χ0v) is 11.0. The van der Waals surface area contributed by atoms with Gasteiger partial charge in [-0.3, -0.25) is 4.79 Å². The van der Waals surface area contributed by atoms with Gasteiger partial charge in [-0.15, -0.1) is 0 Å². The maximum atomic E-state index is 11.7. The van der Waals surface area contributed by atoms with Crippen molar-refractivity contribution in [2.24, 2.45) is 5.73 Å². The highest BCUT2D eigenvalue weighted by molar-refractivity contribution is 5.34. The number of nitrogens with zero attached hydrogens (tertiary/aromatic N) is 1. The predicted octanol–water partition coefficient (Wildman–Crippen LogP) is 1.53. The number of hydrogen-bond acceptors (Lipinski definition) is 4. The van der Waals surface area contributed by atoms with Crippen LogP contribution in [0.2, 0.25) is 0 Å². The summed E-state index contributed by atoms with van der Waals surface area (Å²) in [6.45, 7) is 4.36. The van der Waals surface area contributed by atoms with Crippen LogP contribution in [0.1, 0.15) is 29.8 Å². The quantitative estimate of drug-likeness (QED) is 0.872. The van der Waals surface area contributed by atoms with Gasteiger partial charge in [0.15, 0.2) is 0 Å². The molecule has 1 heterocycles. The van der Waals surface area contributed by atoms with Crippen molar-refractivity contribution in [1.29, 1.82) is 0 Å². The van der Waals surface area contributed by atoms with Crippen molar-refractivity contribution in [3.63, 3.8) is 0 Å². The van der Waals surface area contributed by atoms with Crippen LogP contribution in [0.25, 0.3) is 0 Å². The van der Waals surface area contributed by atoms with Gasteiger partial charge >= 0.3 is 0 Å². The Morgan fingerprint density at radius 1 is 1.37 bits per heavy atom. The third-order valence-electron chi connectivity index (χ3n) is 2.85. The largest absolute Gasteiger partial charge is 0.494 e. The minimum atomic E-state index is -0.471. The van der Waals surface area contributed by atoms with Gasteiger partial charge in [0, 0.05) is 5.56 Å². The summed E-state index contributed by atoms with van der Waals surface area (Å²) in [6, 6.07) is 8.67. The standard InChI is InChI=1S/C14H17N3O2/c1-3-19-11-6-4-10(5-7-11)13(15)12-8-9(2)16-17-14(12)18/h4-8,13H,3,15H2,1-2H3,(H,17,18). The highest BCUT2D eigenvalue weighted by Crippen LogP contribution is 2.20. The first-order chi connectivity index (χ1) is 9.11. The molecule has 1 unspecified atom stereocenters. The number of hydrogen-bond donors (Lipinski definition) is 2. The van der Waals surface area contributed by atoms with E-state index in [4.69, 9.17) is 10.5 Å². The lowest BCUT2D eigenvalue weighted by Crippen LogP contribution is -2.23. The van der Waals surface area contributed by atoms with Crippen molar-refractivity contribution in [2.45, 2.75) is 19.9 Å². The lowest BCUT2D eigenvalue weighted by Gasteiger charge is -2.12. The maximum Gasteiger partial charge on any atom is 0.269 e. The number of aromatic amines is 1. The molecule has 0 aliphatic heterocycles. The van der Waals surface area contributed by atoms with Crippen molar-refractivity contribution in [1.82, 2.24) is 10.2 Å². The molecule has 0 aliphatic rings. The first-order valence-electron chi connectivity index (χ1n) is 6.16. The van der Waals surface area contributed by atoms with Crippen LogP contribution in [-0.4, -0.2) is 16.8 Å². The molecule has 5 heteroatoms. The molecule has 0 spiro atoms. The van der Waals surface area contributed by atoms with Crippen molar-refractivity contribution < 1.29 is 4.74 Å². The van der Waals surface area contributed by atoms with E-state index in [1.807, 2.05) is 38.1 Å². The highest BCUT2D eigenvalue weighted by Gasteiger charge is 2.13. The lowest BCUT2D eigenvalue weighted by molar-refractivity contribution is 0.340. The molecule has 0 radical (unpaired) electrons. The van der Waals surface area contributed by atoms with Gasteiger partial charge in [-0.1, -0.05) is 12.1 Å². The Kier molecular flexibility index (Phi) is 3.97. The third-order valence-corrected chi connectivity index (χ3v) is 2.85. The van der Waals surface area contributed by atoms with E-state index in [-0.39, 0.29) is 5.56 Å². The second-order valence-electron chi connectivity index (χ2n) is 4.27. The number of nitrogens with one attached hydrogen (secondary N) is 1. The fraction of sp³-hybridized carbons (Fsp3) is 0.286. The van der Waals surface area contributed by atoms with Gasteiger partial charge in [-0.25, -0.2) is 5.10 Å². The van der Waals surface area contributed by atoms with Gasteiger partial charge in [0.05, 0.1) is 18.3 Å². The van der Waals surface area contributed by atoms with E-state index in [1.54, 1.807) is 6.07 Å². The van der Waals surface area contributed by atoms with Crippen molar-refractivity contribution in [3.8, 4) is 5.75 Å². The average molecular weight is 259 g/mol. The minimum Gasteiger partial charge on any atom is -0.494 e. The van der Waals surface area contributed by atoms with Crippen LogP contribution < -0.4 is 16.0 Å². The van der Waals surface area contributed by atoms with Crippen LogP contribution in [-0.2, 0) is 0 Å². The van der Waals surface area contributed by atoms with Gasteiger partial charge in [0.1, 0.15) is 5.75 Å². The Morgan fingerprint density at radius 2 is 2.05 bits per heavy atom. The molecule has 19 heavy (non-hydrogen) atoms. The molecule has 3 N–H and O–H groups in total. The van der Waals surface area contributed by atoms with Crippen LogP contribution in [0.3, 0.4) is 0 Å². The zero-order valence-electron chi connectivity index (χ0n) is 11.0. The SMILES string of the molecule is CCOc1ccc(C(N)c2cc(C)n[nH]c2=O)cc1. The number of H-pyrrole nitrogens is 1. The number of rotatable bonds is 4. The number of aromatic nitrogens is 2. The van der Waals surface area contributed by atoms with Crippen LogP contribution in [0.4, 0.5) is 0 Å². The molecule has 0 fully saturated rings. The monoisotopic (exact) mass is 259 g/mol. The minimum absolute atomic E-state index is 0.257. The Balaban J connectivity index is 2.30. The van der Waals surface area contributed by atoms with E-state index in [0.29, 0.717) is 12.2 Å². The summed E-state index contributed by atoms with van der Waals surface area (Å²) in [5.41, 5.74) is 7.97. The zero-order chi connectivity index (χ0) is 13.8. The first-order valence-corrected chi connectivity index (χ1v) is 6.16. The molecule has 0 saturated heterocycles. The molecule has 5 nitrogen and oxygen atoms in total. The number of aryl methyl sites for hydroxylation is 1. The summed E-state index contributed by atoms with van der Waals surface area (Å²) in [5.74, 6) is 0.790. The number of benzene rings is 1. The normalized spacial score (nSPS) is 12.2. The van der Waals surface area contributed by atoms with E-state index >= 15 is 0 Å². The summed E-state index contributed by atoms with van der Waals surface area (Å²) in [7, 11) is 0. The van der Waals surface area contributed by atoms with Gasteiger partial charge < -0.3 is 10.5 Å². The Bertz CT molecular complexity index is 605. The van der Waals surface area contributed by atoms with Crippen LogP contribution in [0, 0.1) is 6.92 Å². The van der Waals surface area contributed by atoms with Crippen LogP contribution in [0.15, 0.2) is 35.1 Å². The molecule has 0 bridgehead atoms. The topological polar surface area (TPSA) is 81.0 Å². The van der Waals surface area contributed by atoms with E-state index in [0.717, 1.165) is 17.0 Å². The van der Waals surface area contributed by atoms with Crippen molar-refractivity contribution in [2.75, 3.05) is 6.61 Å². The second-order valence-corrected chi connectivity index (χ2v) is 4.27. The molecule has 0 aliphatic carbocycles. The summed E-state index contributed by atoms with van der Waals surface area (Å²) in [6.07, 6.45) is 0. The highest BCUT2D eigenvalue weighted by atomic mass is 16.5. The molecule has 0 saturated carbocycles. The fourth-order valence-corrected chi connectivity index (χ4v) is 1.87. The molecule has 1 atom stereocenters. The van der Waals surface area contributed by atoms with Gasteiger partial charge in [0.2, 0.25) is 0 Å². The van der Waals surface area contributed by atoms with Crippen molar-refractivity contribution >= 4 is 0 Å². The first kappa shape index (κ1) is 13.3. The van der Waals surface area contributed by atoms with E-state index < -0.39 is 6.04 Å². The van der Waals surface area contributed by atoms with Crippen LogP contribution in [0.5, 0.6) is 5.75 Å². The van der Waals surface area contributed by atoms with E-state index in [9.17, 15) is 4.79 Å². The number of nitrogens with two attached hydrogens (primary N) is 1. The molecule has 2 rings (SSSR count). The van der Waals surface area contributed by atoms with Crippen molar-refractivity contribution in [3.05, 3.63) is 57.5 Å². The molecule has 2 aromatic rings. The second kappa shape index (κ2) is 5.67. The summed E-state index contributed by atoms with van der Waals surface area (Å²) < 4.78 is 5.37. The maximum absolute atomic E-state index is 11.7. The third kappa shape index (κ3) is 3.00. The molecule has 1 aromatic heterocycles. The molecule has 100 valence electrons. The Labute approximate surface area is 111 Å². The predicted molar refractivity (Wildman–Crippen MR) is 73.2 cm³/mol. The Morgan fingerprint density at radius 3 is 2.68 bits per heavy atom. The molecular weight excluding hydrogens is 242 g/mol. The summed E-state index contributed by atoms with van der Waals surface area (Å²) >= 11 is 0. The summed E-state index contributed by atoms with van der Waals surface area (Å²) in [4.78, 5) is 11.7. The average Bonchev–Trinajstić information content (AvgIpc) is 2.42. The molecular formula is C14H17N3O2. The van der Waals surface area contributed by atoms with Gasteiger partial charge in [-0.05, 0) is 37.6 Å². The summed E-state index contributed by atoms with van der Waals surface area (Å²) in [5, 5.41) is 6.28. The van der Waals surface area contributed by atoms with E-state index in [2.05, 4.69) is 10.2 Å². The molecule has 1 aromatic carbocycles. The smallest absolute Gasteiger partial charge is 0.269 e. The number of ether oxygens (including phenoxy) is 1. The van der Waals surface area contributed by atoms with Gasteiger partial charge in [-0.2, -0.15) is 5.10 Å². The lowest BCUT2D eigenvalue weighted by atomic mass is 10.0. The van der Waals surface area contributed by atoms with E-state index in [1.165, 1.54) is 0 Å². The Hall–Kier alpha value is -2.14.